The molecule has 0 aromatic carbocycles. The standard InChI is InChI=1S/C7H16N2S/c1-4-6(2)5-9(3)7(8)10/h6H,4-5H2,1-3H3,(H2,8,10). The van der Waals surface area contributed by atoms with E-state index in [4.69, 9.17) is 18.0 Å². The van der Waals surface area contributed by atoms with Crippen LogP contribution >= 0.6 is 12.2 Å². The molecule has 1 atom stereocenters. The normalized spacial score (nSPS) is 12.7. The van der Waals surface area contributed by atoms with E-state index in [2.05, 4.69) is 13.8 Å². The molecule has 0 aliphatic carbocycles. The van der Waals surface area contributed by atoms with Gasteiger partial charge in [0, 0.05) is 13.6 Å². The van der Waals surface area contributed by atoms with Crippen molar-refractivity contribution in [3.63, 3.8) is 0 Å². The van der Waals surface area contributed by atoms with Gasteiger partial charge in [-0.1, -0.05) is 20.3 Å². The summed E-state index contributed by atoms with van der Waals surface area (Å²) in [6.07, 6.45) is 1.17. The monoisotopic (exact) mass is 160 g/mol. The molecule has 0 aromatic heterocycles. The van der Waals surface area contributed by atoms with Gasteiger partial charge in [0.2, 0.25) is 0 Å². The fourth-order valence-electron chi connectivity index (χ4n) is 0.687. The summed E-state index contributed by atoms with van der Waals surface area (Å²) in [5.74, 6) is 0.673. The molecule has 2 nitrogen and oxygen atoms in total. The summed E-state index contributed by atoms with van der Waals surface area (Å²) < 4.78 is 0. The van der Waals surface area contributed by atoms with E-state index in [9.17, 15) is 0 Å². The average Bonchev–Trinajstić information content (AvgIpc) is 1.87. The third kappa shape index (κ3) is 3.67. The molecule has 0 amide bonds. The van der Waals surface area contributed by atoms with Crippen molar-refractivity contribution in [2.45, 2.75) is 20.3 Å². The van der Waals surface area contributed by atoms with Crippen LogP contribution in [0.25, 0.3) is 0 Å². The molecule has 0 spiro atoms. The maximum atomic E-state index is 5.40. The second-order valence-electron chi connectivity index (χ2n) is 2.73. The zero-order valence-electron chi connectivity index (χ0n) is 6.92. The van der Waals surface area contributed by atoms with Gasteiger partial charge in [-0.2, -0.15) is 0 Å². The summed E-state index contributed by atoms with van der Waals surface area (Å²) in [5.41, 5.74) is 5.40. The fraction of sp³-hybridized carbons (Fsp3) is 0.857. The molecule has 0 saturated heterocycles. The summed E-state index contributed by atoms with van der Waals surface area (Å²) in [6.45, 7) is 5.32. The Labute approximate surface area is 68.4 Å². The molecule has 0 aromatic rings. The molecular formula is C7H16N2S. The van der Waals surface area contributed by atoms with Crippen LogP contribution in [0.2, 0.25) is 0 Å². The highest BCUT2D eigenvalue weighted by molar-refractivity contribution is 7.80. The maximum absolute atomic E-state index is 5.40. The van der Waals surface area contributed by atoms with Crippen molar-refractivity contribution in [2.24, 2.45) is 11.7 Å². The van der Waals surface area contributed by atoms with Crippen LogP contribution in [0.3, 0.4) is 0 Å². The first kappa shape index (κ1) is 9.69. The quantitative estimate of drug-likeness (QED) is 0.629. The Morgan fingerprint density at radius 2 is 2.20 bits per heavy atom. The number of hydrogen-bond donors (Lipinski definition) is 1. The topological polar surface area (TPSA) is 29.3 Å². The molecule has 0 aliphatic rings. The van der Waals surface area contributed by atoms with Gasteiger partial charge in [-0.05, 0) is 18.1 Å². The second-order valence-corrected chi connectivity index (χ2v) is 3.15. The summed E-state index contributed by atoms with van der Waals surface area (Å²) >= 11 is 4.79. The van der Waals surface area contributed by atoms with Gasteiger partial charge in [-0.15, -0.1) is 0 Å². The lowest BCUT2D eigenvalue weighted by Crippen LogP contribution is -2.34. The van der Waals surface area contributed by atoms with E-state index in [1.807, 2.05) is 11.9 Å². The van der Waals surface area contributed by atoms with E-state index in [0.29, 0.717) is 11.0 Å². The van der Waals surface area contributed by atoms with Gasteiger partial charge in [0.1, 0.15) is 0 Å². The van der Waals surface area contributed by atoms with E-state index in [1.54, 1.807) is 0 Å². The lowest BCUT2D eigenvalue weighted by Gasteiger charge is -2.20. The zero-order chi connectivity index (χ0) is 8.15. The first-order valence-corrected chi connectivity index (χ1v) is 3.99. The van der Waals surface area contributed by atoms with Gasteiger partial charge in [0.05, 0.1) is 0 Å². The predicted molar refractivity (Wildman–Crippen MR) is 48.9 cm³/mol. The summed E-state index contributed by atoms with van der Waals surface area (Å²) in [4.78, 5) is 1.91. The van der Waals surface area contributed by atoms with Crippen LogP contribution in [-0.2, 0) is 0 Å². The van der Waals surface area contributed by atoms with Crippen molar-refractivity contribution < 1.29 is 0 Å². The second kappa shape index (κ2) is 4.50. The van der Waals surface area contributed by atoms with Crippen LogP contribution < -0.4 is 5.73 Å². The number of rotatable bonds is 3. The van der Waals surface area contributed by atoms with Gasteiger partial charge < -0.3 is 10.6 Å². The molecule has 0 aliphatic heterocycles. The summed E-state index contributed by atoms with van der Waals surface area (Å²) in [5, 5.41) is 0.486. The molecule has 3 heteroatoms. The molecule has 60 valence electrons. The van der Waals surface area contributed by atoms with Crippen LogP contribution in [0.1, 0.15) is 20.3 Å². The molecular weight excluding hydrogens is 144 g/mol. The van der Waals surface area contributed by atoms with Crippen molar-refractivity contribution in [1.82, 2.24) is 4.90 Å². The molecule has 0 bridgehead atoms. The van der Waals surface area contributed by atoms with Crippen molar-refractivity contribution in [2.75, 3.05) is 13.6 Å². The van der Waals surface area contributed by atoms with E-state index >= 15 is 0 Å². The van der Waals surface area contributed by atoms with Gasteiger partial charge >= 0.3 is 0 Å². The Balaban J connectivity index is 3.56. The minimum Gasteiger partial charge on any atom is -0.376 e. The Hall–Kier alpha value is -0.310. The Kier molecular flexibility index (Phi) is 4.36. The van der Waals surface area contributed by atoms with Crippen LogP contribution in [-0.4, -0.2) is 23.6 Å². The molecule has 0 fully saturated rings. The van der Waals surface area contributed by atoms with Gasteiger partial charge in [0.15, 0.2) is 5.11 Å². The minimum atomic E-state index is 0.486. The molecule has 0 heterocycles. The Morgan fingerprint density at radius 1 is 1.70 bits per heavy atom. The highest BCUT2D eigenvalue weighted by Crippen LogP contribution is 2.01. The highest BCUT2D eigenvalue weighted by atomic mass is 32.1. The third-order valence-corrected chi connectivity index (χ3v) is 1.97. The molecule has 0 saturated carbocycles. The van der Waals surface area contributed by atoms with E-state index < -0.39 is 0 Å². The van der Waals surface area contributed by atoms with Crippen molar-refractivity contribution in [1.29, 1.82) is 0 Å². The number of thiocarbonyl (C=S) groups is 1. The maximum Gasteiger partial charge on any atom is 0.166 e. The SMILES string of the molecule is CCC(C)CN(C)C(N)=S. The minimum absolute atomic E-state index is 0.486. The predicted octanol–water partition coefficient (Wildman–Crippen LogP) is 1.21. The molecule has 10 heavy (non-hydrogen) atoms. The Bertz CT molecular complexity index is 114. The van der Waals surface area contributed by atoms with Crippen LogP contribution in [0.4, 0.5) is 0 Å². The summed E-state index contributed by atoms with van der Waals surface area (Å²) in [6, 6.07) is 0. The van der Waals surface area contributed by atoms with Crippen molar-refractivity contribution in [3.05, 3.63) is 0 Å². The van der Waals surface area contributed by atoms with Gasteiger partial charge in [0.25, 0.3) is 0 Å². The lowest BCUT2D eigenvalue weighted by molar-refractivity contribution is 0.398. The van der Waals surface area contributed by atoms with Crippen molar-refractivity contribution >= 4 is 17.3 Å². The molecule has 2 N–H and O–H groups in total. The number of nitrogens with zero attached hydrogens (tertiary/aromatic N) is 1. The highest BCUT2D eigenvalue weighted by Gasteiger charge is 2.03. The van der Waals surface area contributed by atoms with E-state index in [1.165, 1.54) is 6.42 Å². The largest absolute Gasteiger partial charge is 0.376 e. The molecule has 1 unspecified atom stereocenters. The Morgan fingerprint density at radius 3 is 2.50 bits per heavy atom. The van der Waals surface area contributed by atoms with Crippen LogP contribution in [0.5, 0.6) is 0 Å². The van der Waals surface area contributed by atoms with Gasteiger partial charge in [-0.3, -0.25) is 0 Å². The van der Waals surface area contributed by atoms with Crippen molar-refractivity contribution in [3.8, 4) is 0 Å². The first-order valence-electron chi connectivity index (χ1n) is 3.58. The number of hydrogen-bond acceptors (Lipinski definition) is 1. The lowest BCUT2D eigenvalue weighted by atomic mass is 10.1. The smallest absolute Gasteiger partial charge is 0.166 e. The third-order valence-electron chi connectivity index (χ3n) is 1.66. The van der Waals surface area contributed by atoms with E-state index in [-0.39, 0.29) is 0 Å². The molecule has 0 rings (SSSR count). The van der Waals surface area contributed by atoms with E-state index in [0.717, 1.165) is 6.54 Å². The summed E-state index contributed by atoms with van der Waals surface area (Å²) in [7, 11) is 1.93. The molecule has 0 radical (unpaired) electrons. The van der Waals surface area contributed by atoms with Crippen LogP contribution in [0.15, 0.2) is 0 Å². The number of nitrogens with two attached hydrogens (primary N) is 1. The first-order chi connectivity index (χ1) is 4.57. The zero-order valence-corrected chi connectivity index (χ0v) is 7.74. The average molecular weight is 160 g/mol. The fourth-order valence-corrected chi connectivity index (χ4v) is 0.761. The van der Waals surface area contributed by atoms with Gasteiger partial charge in [-0.25, -0.2) is 0 Å². The van der Waals surface area contributed by atoms with Crippen LogP contribution in [0, 0.1) is 5.92 Å².